The summed E-state index contributed by atoms with van der Waals surface area (Å²) in [5, 5.41) is 14.7. The van der Waals surface area contributed by atoms with Gasteiger partial charge in [-0.2, -0.15) is 10.1 Å². The quantitative estimate of drug-likeness (QED) is 0.890. The Morgan fingerprint density at radius 2 is 2.16 bits per heavy atom. The molecule has 8 nitrogen and oxygen atoms in total. The highest BCUT2D eigenvalue weighted by atomic mass is 16.5. The second-order valence-corrected chi connectivity index (χ2v) is 7.14. The zero-order chi connectivity index (χ0) is 17.4. The van der Waals surface area contributed by atoms with E-state index in [0.717, 1.165) is 50.5 Å². The predicted molar refractivity (Wildman–Crippen MR) is 89.7 cm³/mol. The first-order chi connectivity index (χ1) is 12.1. The smallest absolute Gasteiger partial charge is 0.316 e. The minimum atomic E-state index is -0.520. The Hall–Kier alpha value is -2.38. The molecule has 1 atom stereocenters. The number of rotatable bonds is 3. The zero-order valence-corrected chi connectivity index (χ0v) is 14.7. The first-order valence-electron chi connectivity index (χ1n) is 8.98. The van der Waals surface area contributed by atoms with Crippen molar-refractivity contribution < 1.29 is 9.32 Å². The summed E-state index contributed by atoms with van der Waals surface area (Å²) in [6, 6.07) is -0.172. The maximum Gasteiger partial charge on any atom is 0.316 e. The number of fused-ring (bicyclic) bond motifs is 1. The monoisotopic (exact) mass is 344 g/mol. The zero-order valence-electron chi connectivity index (χ0n) is 14.7. The van der Waals surface area contributed by atoms with Crippen LogP contribution in [-0.2, 0) is 19.0 Å². The van der Waals surface area contributed by atoms with Crippen LogP contribution in [0.4, 0.5) is 4.79 Å². The van der Waals surface area contributed by atoms with Crippen LogP contribution < -0.4 is 10.6 Å². The summed E-state index contributed by atoms with van der Waals surface area (Å²) >= 11 is 0. The van der Waals surface area contributed by atoms with Crippen molar-refractivity contribution in [1.82, 2.24) is 30.6 Å². The van der Waals surface area contributed by atoms with Gasteiger partial charge in [-0.3, -0.25) is 4.68 Å². The summed E-state index contributed by atoms with van der Waals surface area (Å²) in [5.41, 5.74) is 1.81. The van der Waals surface area contributed by atoms with E-state index >= 15 is 0 Å². The molecule has 2 N–H and O–H groups in total. The van der Waals surface area contributed by atoms with Crippen LogP contribution in [-0.4, -0.2) is 26.0 Å². The van der Waals surface area contributed by atoms with Crippen LogP contribution in [0.15, 0.2) is 10.7 Å². The minimum absolute atomic E-state index is 0.00269. The van der Waals surface area contributed by atoms with Gasteiger partial charge in [0.25, 0.3) is 0 Å². The van der Waals surface area contributed by atoms with Gasteiger partial charge >= 0.3 is 6.03 Å². The Bertz CT molecular complexity index is 774. The number of hydrogen-bond donors (Lipinski definition) is 2. The van der Waals surface area contributed by atoms with Crippen LogP contribution in [0, 0.1) is 6.92 Å². The van der Waals surface area contributed by atoms with Crippen LogP contribution in [0.25, 0.3) is 0 Å². The van der Waals surface area contributed by atoms with Crippen molar-refractivity contribution in [2.75, 3.05) is 0 Å². The van der Waals surface area contributed by atoms with Crippen molar-refractivity contribution in [3.05, 3.63) is 29.2 Å². The van der Waals surface area contributed by atoms with Crippen molar-refractivity contribution in [2.45, 2.75) is 63.5 Å². The van der Waals surface area contributed by atoms with Crippen molar-refractivity contribution >= 4 is 6.03 Å². The Kier molecular flexibility index (Phi) is 3.97. The van der Waals surface area contributed by atoms with Gasteiger partial charge in [-0.05, 0) is 32.1 Å². The lowest BCUT2D eigenvalue weighted by atomic mass is 9.93. The Balaban J connectivity index is 1.50. The molecule has 4 rings (SSSR count). The van der Waals surface area contributed by atoms with Gasteiger partial charge in [0.15, 0.2) is 5.82 Å². The highest BCUT2D eigenvalue weighted by Gasteiger charge is 2.41. The summed E-state index contributed by atoms with van der Waals surface area (Å²) < 4.78 is 7.04. The number of hydrogen-bond acceptors (Lipinski definition) is 5. The van der Waals surface area contributed by atoms with Crippen LogP contribution in [0.3, 0.4) is 0 Å². The fourth-order valence-electron chi connectivity index (χ4n) is 4.14. The molecule has 1 fully saturated rings. The van der Waals surface area contributed by atoms with Crippen LogP contribution in [0.5, 0.6) is 0 Å². The number of nitrogens with zero attached hydrogens (tertiary/aromatic N) is 4. The third-order valence-corrected chi connectivity index (χ3v) is 5.45. The van der Waals surface area contributed by atoms with E-state index in [1.54, 1.807) is 6.92 Å². The maximum atomic E-state index is 12.7. The third kappa shape index (κ3) is 2.89. The number of amides is 2. The molecule has 0 radical (unpaired) electrons. The molecular weight excluding hydrogens is 320 g/mol. The van der Waals surface area contributed by atoms with Crippen LogP contribution in [0.1, 0.15) is 67.5 Å². The van der Waals surface area contributed by atoms with E-state index in [1.165, 1.54) is 5.69 Å². The van der Waals surface area contributed by atoms with Crippen molar-refractivity contribution in [1.29, 1.82) is 0 Å². The normalized spacial score (nSPS) is 21.8. The molecule has 2 amide bonds. The van der Waals surface area contributed by atoms with Crippen LogP contribution in [0.2, 0.25) is 0 Å². The summed E-state index contributed by atoms with van der Waals surface area (Å²) in [7, 11) is 1.95. The van der Waals surface area contributed by atoms with Gasteiger partial charge < -0.3 is 15.2 Å². The summed E-state index contributed by atoms with van der Waals surface area (Å²) in [4.78, 5) is 17.1. The van der Waals surface area contributed by atoms with Gasteiger partial charge in [0.2, 0.25) is 5.89 Å². The standard InChI is InChI=1S/C17H24N6O2/c1-11-19-15(22-25-11)17(8-3-4-9-17)21-16(24)20-13-6-5-7-14-12(13)10-18-23(14)2/h10,13H,3-9H2,1-2H3,(H2,20,21,24)/t13-/m0/s1. The first kappa shape index (κ1) is 16.1. The van der Waals surface area contributed by atoms with Crippen LogP contribution >= 0.6 is 0 Å². The second kappa shape index (κ2) is 6.16. The lowest BCUT2D eigenvalue weighted by molar-refractivity contribution is 0.215. The summed E-state index contributed by atoms with van der Waals surface area (Å²) in [5.74, 6) is 1.11. The van der Waals surface area contributed by atoms with Gasteiger partial charge in [-0.1, -0.05) is 18.0 Å². The number of aromatic nitrogens is 4. The summed E-state index contributed by atoms with van der Waals surface area (Å²) in [6.07, 6.45) is 8.62. The molecule has 8 heteroatoms. The van der Waals surface area contributed by atoms with Gasteiger partial charge in [0, 0.05) is 25.2 Å². The number of aryl methyl sites for hydroxylation is 2. The molecule has 0 spiro atoms. The van der Waals surface area contributed by atoms with E-state index in [4.69, 9.17) is 4.52 Å². The van der Waals surface area contributed by atoms with Gasteiger partial charge in [0.1, 0.15) is 5.54 Å². The van der Waals surface area contributed by atoms with E-state index in [9.17, 15) is 4.79 Å². The highest BCUT2D eigenvalue weighted by Crippen LogP contribution is 2.37. The van der Waals surface area contributed by atoms with Gasteiger partial charge in [-0.25, -0.2) is 4.79 Å². The van der Waals surface area contributed by atoms with Gasteiger partial charge in [0.05, 0.1) is 12.2 Å². The van der Waals surface area contributed by atoms with Crippen molar-refractivity contribution in [3.8, 4) is 0 Å². The molecule has 2 aliphatic rings. The molecule has 0 bridgehead atoms. The predicted octanol–water partition coefficient (Wildman–Crippen LogP) is 2.26. The fraction of sp³-hybridized carbons (Fsp3) is 0.647. The molecule has 0 saturated heterocycles. The SMILES string of the molecule is Cc1nc(C2(NC(=O)N[C@H]3CCCc4c3cnn4C)CCCC2)no1. The Labute approximate surface area is 146 Å². The van der Waals surface area contributed by atoms with Crippen molar-refractivity contribution in [2.24, 2.45) is 7.05 Å². The topological polar surface area (TPSA) is 97.9 Å². The molecule has 2 aromatic rings. The average molecular weight is 344 g/mol. The molecule has 25 heavy (non-hydrogen) atoms. The highest BCUT2D eigenvalue weighted by molar-refractivity contribution is 5.75. The van der Waals surface area contributed by atoms with Gasteiger partial charge in [-0.15, -0.1) is 0 Å². The van der Waals surface area contributed by atoms with E-state index in [0.29, 0.717) is 11.7 Å². The van der Waals surface area contributed by atoms with E-state index < -0.39 is 5.54 Å². The lowest BCUT2D eigenvalue weighted by Gasteiger charge is -2.29. The third-order valence-electron chi connectivity index (χ3n) is 5.45. The molecule has 2 aromatic heterocycles. The molecule has 2 aliphatic carbocycles. The molecule has 0 aromatic carbocycles. The number of urea groups is 1. The first-order valence-corrected chi connectivity index (χ1v) is 8.98. The molecular formula is C17H24N6O2. The second-order valence-electron chi connectivity index (χ2n) is 7.14. The summed E-state index contributed by atoms with van der Waals surface area (Å²) in [6.45, 7) is 1.77. The van der Waals surface area contributed by atoms with E-state index in [-0.39, 0.29) is 12.1 Å². The van der Waals surface area contributed by atoms with E-state index in [1.807, 2.05) is 17.9 Å². The number of carbonyl (C=O) groups is 1. The molecule has 134 valence electrons. The largest absolute Gasteiger partial charge is 0.340 e. The fourth-order valence-corrected chi connectivity index (χ4v) is 4.14. The average Bonchev–Trinajstić information content (AvgIpc) is 3.30. The number of nitrogens with one attached hydrogen (secondary N) is 2. The van der Waals surface area contributed by atoms with Crippen molar-refractivity contribution in [3.63, 3.8) is 0 Å². The maximum absolute atomic E-state index is 12.7. The molecule has 0 unspecified atom stereocenters. The lowest BCUT2D eigenvalue weighted by Crippen LogP contribution is -2.50. The molecule has 2 heterocycles. The molecule has 1 saturated carbocycles. The molecule has 0 aliphatic heterocycles. The number of carbonyl (C=O) groups excluding carboxylic acids is 1. The minimum Gasteiger partial charge on any atom is -0.340 e. The Morgan fingerprint density at radius 1 is 1.36 bits per heavy atom. The van der Waals surface area contributed by atoms with E-state index in [2.05, 4.69) is 25.9 Å². The Morgan fingerprint density at radius 3 is 2.88 bits per heavy atom.